The van der Waals surface area contributed by atoms with Crippen LogP contribution in [0.3, 0.4) is 0 Å². The van der Waals surface area contributed by atoms with E-state index in [1.54, 1.807) is 6.07 Å². The molecule has 0 saturated heterocycles. The van der Waals surface area contributed by atoms with E-state index in [0.29, 0.717) is 30.1 Å². The summed E-state index contributed by atoms with van der Waals surface area (Å²) in [5.41, 5.74) is 1.09. The first-order chi connectivity index (χ1) is 19.6. The third-order valence-corrected chi connectivity index (χ3v) is 5.76. The molecule has 242 valence electrons. The first-order valence-corrected chi connectivity index (χ1v) is 12.4. The van der Waals surface area contributed by atoms with E-state index in [-0.39, 0.29) is 0 Å². The van der Waals surface area contributed by atoms with Crippen molar-refractivity contribution in [1.82, 2.24) is 15.3 Å². The molecule has 43 heavy (non-hydrogen) atoms. The maximum Gasteiger partial charge on any atom is 0.490 e. The summed E-state index contributed by atoms with van der Waals surface area (Å²) in [6, 6.07) is 6.13. The van der Waals surface area contributed by atoms with Crippen molar-refractivity contribution in [2.45, 2.75) is 69.8 Å². The summed E-state index contributed by atoms with van der Waals surface area (Å²) in [6.45, 7) is 2.43. The van der Waals surface area contributed by atoms with Crippen molar-refractivity contribution in [3.8, 4) is 0 Å². The van der Waals surface area contributed by atoms with E-state index in [0.717, 1.165) is 43.1 Å². The quantitative estimate of drug-likeness (QED) is 0.298. The van der Waals surface area contributed by atoms with Gasteiger partial charge in [-0.1, -0.05) is 18.2 Å². The van der Waals surface area contributed by atoms with Gasteiger partial charge >= 0.3 is 30.5 Å². The lowest BCUT2D eigenvalue weighted by atomic mass is 9.91. The van der Waals surface area contributed by atoms with E-state index in [1.165, 1.54) is 12.1 Å². The molecule has 9 nitrogen and oxygen atoms in total. The predicted molar refractivity (Wildman–Crippen MR) is 136 cm³/mol. The maximum atomic E-state index is 12.8. The zero-order valence-corrected chi connectivity index (χ0v) is 23.0. The molecule has 2 aromatic rings. The Balaban J connectivity index is 0.000000548. The molecule has 4 N–H and O–H groups in total. The monoisotopic (exact) mass is 635 g/mol. The third-order valence-electron chi connectivity index (χ3n) is 5.76. The Morgan fingerprint density at radius 2 is 1.40 bits per heavy atom. The third kappa shape index (κ3) is 13.8. The molecule has 0 amide bonds. The van der Waals surface area contributed by atoms with Gasteiger partial charge in [-0.3, -0.25) is 0 Å². The molecule has 0 atom stereocenters. The fraction of sp³-hybridized carbons (Fsp3) is 0.520. The van der Waals surface area contributed by atoms with Crippen LogP contribution in [0.2, 0.25) is 0 Å². The number of benzene rings is 1. The maximum absolute atomic E-state index is 12.8. The number of anilines is 2. The average molecular weight is 636 g/mol. The molecular weight excluding hydrogens is 605 g/mol. The van der Waals surface area contributed by atoms with Crippen LogP contribution in [0.4, 0.5) is 51.3 Å². The number of aliphatic carboxylic acids is 2. The summed E-state index contributed by atoms with van der Waals surface area (Å²) in [7, 11) is 3.92. The number of aromatic nitrogens is 2. The van der Waals surface area contributed by atoms with Gasteiger partial charge in [-0.25, -0.2) is 14.6 Å². The van der Waals surface area contributed by atoms with Crippen molar-refractivity contribution in [3.05, 3.63) is 47.2 Å². The number of rotatable bonds is 6. The molecule has 0 unspecified atom stereocenters. The van der Waals surface area contributed by atoms with Crippen molar-refractivity contribution in [1.29, 1.82) is 0 Å². The minimum atomic E-state index is -5.08. The summed E-state index contributed by atoms with van der Waals surface area (Å²) in [5, 5.41) is 21.1. The van der Waals surface area contributed by atoms with Crippen molar-refractivity contribution >= 4 is 23.7 Å². The molecule has 0 spiro atoms. The van der Waals surface area contributed by atoms with Gasteiger partial charge in [0.25, 0.3) is 0 Å². The van der Waals surface area contributed by atoms with Crippen LogP contribution in [-0.2, 0) is 22.3 Å². The van der Waals surface area contributed by atoms with Gasteiger partial charge in [0.1, 0.15) is 5.82 Å². The Hall–Kier alpha value is -3.83. The van der Waals surface area contributed by atoms with Crippen LogP contribution in [0.1, 0.15) is 42.4 Å². The number of hydrogen-bond donors (Lipinski definition) is 4. The molecule has 18 heteroatoms. The standard InChI is InChI=1S/C21H28F3N5.2C2HF3O2/c1-14-12-26-20(28-19(14)29(2)3)27-18-9-7-17(8-10-18)25-13-15-5-4-6-16(11-15)21(22,23)24;2*3-2(4,5)1(6)7/h4-6,11-12,17-18,25H,7-10,13H2,1-3H3,(H,26,27,28);2*(H,6,7)/t17-,18+;;. The van der Waals surface area contributed by atoms with E-state index < -0.39 is 36.0 Å². The zero-order valence-electron chi connectivity index (χ0n) is 23.0. The Morgan fingerprint density at radius 1 is 0.907 bits per heavy atom. The second kappa shape index (κ2) is 15.6. The number of nitrogens with one attached hydrogen (secondary N) is 2. The number of halogens is 9. The molecular formula is C25H30F9N5O4. The highest BCUT2D eigenvalue weighted by Crippen LogP contribution is 2.30. The van der Waals surface area contributed by atoms with Gasteiger partial charge in [0.05, 0.1) is 5.56 Å². The number of carbonyl (C=O) groups is 2. The highest BCUT2D eigenvalue weighted by molar-refractivity contribution is 5.73. The molecule has 1 aromatic carbocycles. The summed E-state index contributed by atoms with van der Waals surface area (Å²) in [4.78, 5) is 28.7. The lowest BCUT2D eigenvalue weighted by Gasteiger charge is -2.30. The average Bonchev–Trinajstić information content (AvgIpc) is 2.88. The SMILES string of the molecule is Cc1cnc(N[C@H]2CC[C@@H](NCc3cccc(C(F)(F)F)c3)CC2)nc1N(C)C.O=C(O)C(F)(F)F.O=C(O)C(F)(F)F. The summed E-state index contributed by atoms with van der Waals surface area (Å²) in [6.07, 6.45) is -8.78. The normalized spacial score (nSPS) is 17.0. The lowest BCUT2D eigenvalue weighted by molar-refractivity contribution is -0.193. The summed E-state index contributed by atoms with van der Waals surface area (Å²) >= 11 is 0. The van der Waals surface area contributed by atoms with Gasteiger partial charge < -0.3 is 25.7 Å². The summed E-state index contributed by atoms with van der Waals surface area (Å²) in [5.74, 6) is -3.97. The zero-order chi connectivity index (χ0) is 33.2. The van der Waals surface area contributed by atoms with E-state index in [1.807, 2.05) is 32.1 Å². The van der Waals surface area contributed by atoms with Gasteiger partial charge in [-0.05, 0) is 44.2 Å². The number of carboxylic acids is 2. The Morgan fingerprint density at radius 3 is 1.84 bits per heavy atom. The number of aryl methyl sites for hydroxylation is 1. The highest BCUT2D eigenvalue weighted by Gasteiger charge is 2.39. The summed E-state index contributed by atoms with van der Waals surface area (Å²) < 4.78 is 102. The fourth-order valence-electron chi connectivity index (χ4n) is 3.70. The van der Waals surface area contributed by atoms with Crippen LogP contribution in [0.25, 0.3) is 0 Å². The topological polar surface area (TPSA) is 128 Å². The van der Waals surface area contributed by atoms with Crippen LogP contribution in [0.5, 0.6) is 0 Å². The van der Waals surface area contributed by atoms with Gasteiger partial charge in [-0.2, -0.15) is 44.5 Å². The Kier molecular flexibility index (Phi) is 13.5. The van der Waals surface area contributed by atoms with Crippen molar-refractivity contribution in [3.63, 3.8) is 0 Å². The first-order valence-electron chi connectivity index (χ1n) is 12.4. The predicted octanol–water partition coefficient (Wildman–Crippen LogP) is 5.65. The van der Waals surface area contributed by atoms with Gasteiger partial charge in [0, 0.05) is 44.5 Å². The largest absolute Gasteiger partial charge is 0.490 e. The van der Waals surface area contributed by atoms with E-state index in [4.69, 9.17) is 19.8 Å². The molecule has 0 radical (unpaired) electrons. The number of alkyl halides is 9. The van der Waals surface area contributed by atoms with Crippen molar-refractivity contribution < 1.29 is 59.3 Å². The highest BCUT2D eigenvalue weighted by atomic mass is 19.4. The molecule has 1 saturated carbocycles. The molecule has 1 fully saturated rings. The minimum absolute atomic E-state index is 0.305. The van der Waals surface area contributed by atoms with E-state index >= 15 is 0 Å². The molecule has 1 heterocycles. The molecule has 0 bridgehead atoms. The molecule has 0 aliphatic heterocycles. The molecule has 1 aliphatic carbocycles. The second-order valence-electron chi connectivity index (χ2n) is 9.47. The number of nitrogens with zero attached hydrogens (tertiary/aromatic N) is 3. The van der Waals surface area contributed by atoms with Gasteiger partial charge in [-0.15, -0.1) is 0 Å². The smallest absolute Gasteiger partial charge is 0.475 e. The van der Waals surface area contributed by atoms with Crippen molar-refractivity contribution in [2.75, 3.05) is 24.3 Å². The van der Waals surface area contributed by atoms with E-state index in [2.05, 4.69) is 20.6 Å². The van der Waals surface area contributed by atoms with Gasteiger partial charge in [0.15, 0.2) is 0 Å². The molecule has 3 rings (SSSR count). The van der Waals surface area contributed by atoms with Gasteiger partial charge in [0.2, 0.25) is 5.95 Å². The fourth-order valence-corrected chi connectivity index (χ4v) is 3.70. The van der Waals surface area contributed by atoms with Crippen LogP contribution in [0.15, 0.2) is 30.5 Å². The number of carboxylic acid groups (broad SMARTS) is 2. The molecule has 1 aliphatic rings. The Bertz CT molecular complexity index is 1170. The second-order valence-corrected chi connectivity index (χ2v) is 9.47. The van der Waals surface area contributed by atoms with Crippen LogP contribution >= 0.6 is 0 Å². The van der Waals surface area contributed by atoms with Crippen LogP contribution in [0, 0.1) is 6.92 Å². The number of hydrogen-bond acceptors (Lipinski definition) is 7. The Labute approximate surface area is 240 Å². The van der Waals surface area contributed by atoms with Crippen LogP contribution in [-0.4, -0.2) is 70.7 Å². The van der Waals surface area contributed by atoms with Crippen LogP contribution < -0.4 is 15.5 Å². The van der Waals surface area contributed by atoms with E-state index in [9.17, 15) is 39.5 Å². The molecule has 1 aromatic heterocycles. The minimum Gasteiger partial charge on any atom is -0.475 e. The first kappa shape index (κ1) is 37.2. The lowest BCUT2D eigenvalue weighted by Crippen LogP contribution is -2.37. The van der Waals surface area contributed by atoms with Crippen molar-refractivity contribution in [2.24, 2.45) is 0 Å².